The van der Waals surface area contributed by atoms with E-state index in [1.54, 1.807) is 18.2 Å². The Morgan fingerprint density at radius 1 is 1.03 bits per heavy atom. The SMILES string of the molecule is Cc1ccc(S(=O)(=O)Nc2cc(-c3ccccc3)sc2C(=O)NCC(=O)O)cc1. The van der Waals surface area contributed by atoms with Gasteiger partial charge in [-0.2, -0.15) is 0 Å². The first-order valence-electron chi connectivity index (χ1n) is 8.55. The third kappa shape index (κ3) is 5.01. The number of thiophene rings is 1. The van der Waals surface area contributed by atoms with Gasteiger partial charge < -0.3 is 10.4 Å². The largest absolute Gasteiger partial charge is 0.480 e. The average Bonchev–Trinajstić information content (AvgIpc) is 3.10. The Balaban J connectivity index is 1.99. The monoisotopic (exact) mass is 430 g/mol. The van der Waals surface area contributed by atoms with Crippen LogP contribution in [0.15, 0.2) is 65.6 Å². The number of aryl methyl sites for hydroxylation is 1. The molecule has 0 aliphatic rings. The number of anilines is 1. The third-order valence-electron chi connectivity index (χ3n) is 3.97. The first-order chi connectivity index (χ1) is 13.8. The van der Waals surface area contributed by atoms with Crippen LogP contribution in [0.3, 0.4) is 0 Å². The molecule has 0 atom stereocenters. The average molecular weight is 431 g/mol. The van der Waals surface area contributed by atoms with E-state index in [0.717, 1.165) is 22.5 Å². The van der Waals surface area contributed by atoms with Gasteiger partial charge >= 0.3 is 5.97 Å². The summed E-state index contributed by atoms with van der Waals surface area (Å²) >= 11 is 1.08. The molecule has 0 spiro atoms. The number of sulfonamides is 1. The van der Waals surface area contributed by atoms with E-state index in [4.69, 9.17) is 5.11 Å². The second kappa shape index (κ2) is 8.46. The quantitative estimate of drug-likeness (QED) is 0.532. The van der Waals surface area contributed by atoms with Crippen molar-refractivity contribution in [3.8, 4) is 10.4 Å². The van der Waals surface area contributed by atoms with Crippen LogP contribution in [0.4, 0.5) is 5.69 Å². The lowest BCUT2D eigenvalue weighted by atomic mass is 10.2. The molecular formula is C20H18N2O5S2. The van der Waals surface area contributed by atoms with Gasteiger partial charge in [0.25, 0.3) is 15.9 Å². The van der Waals surface area contributed by atoms with Crippen LogP contribution in [0.25, 0.3) is 10.4 Å². The second-order valence-electron chi connectivity index (χ2n) is 6.21. The lowest BCUT2D eigenvalue weighted by Gasteiger charge is -2.09. The van der Waals surface area contributed by atoms with E-state index in [1.807, 2.05) is 37.3 Å². The summed E-state index contributed by atoms with van der Waals surface area (Å²) in [5.74, 6) is -1.86. The molecule has 3 N–H and O–H groups in total. The summed E-state index contributed by atoms with van der Waals surface area (Å²) in [6.45, 7) is 1.28. The van der Waals surface area contributed by atoms with Crippen LogP contribution >= 0.6 is 11.3 Å². The molecule has 0 saturated heterocycles. The number of nitrogens with one attached hydrogen (secondary N) is 2. The fourth-order valence-corrected chi connectivity index (χ4v) is 4.70. The molecular weight excluding hydrogens is 412 g/mol. The molecule has 7 nitrogen and oxygen atoms in total. The van der Waals surface area contributed by atoms with E-state index in [-0.39, 0.29) is 15.5 Å². The first kappa shape index (κ1) is 20.6. The van der Waals surface area contributed by atoms with Gasteiger partial charge in [0, 0.05) is 4.88 Å². The van der Waals surface area contributed by atoms with Crippen molar-refractivity contribution in [3.63, 3.8) is 0 Å². The summed E-state index contributed by atoms with van der Waals surface area (Å²) in [7, 11) is -3.93. The van der Waals surface area contributed by atoms with Gasteiger partial charge in [0.1, 0.15) is 11.4 Å². The molecule has 150 valence electrons. The molecule has 0 aliphatic carbocycles. The standard InChI is InChI=1S/C20H18N2O5S2/c1-13-7-9-15(10-8-13)29(26,27)22-16-11-17(14-5-3-2-4-6-14)28-19(16)20(25)21-12-18(23)24/h2-11,22H,12H2,1H3,(H,21,25)(H,23,24). The highest BCUT2D eigenvalue weighted by Crippen LogP contribution is 2.36. The van der Waals surface area contributed by atoms with Crippen LogP contribution in [0.1, 0.15) is 15.2 Å². The van der Waals surface area contributed by atoms with E-state index < -0.39 is 28.4 Å². The van der Waals surface area contributed by atoms with Crippen LogP contribution < -0.4 is 10.0 Å². The number of hydrogen-bond acceptors (Lipinski definition) is 5. The minimum Gasteiger partial charge on any atom is -0.480 e. The van der Waals surface area contributed by atoms with Gasteiger partial charge in [-0.15, -0.1) is 11.3 Å². The molecule has 0 saturated carbocycles. The minimum absolute atomic E-state index is 0.0625. The van der Waals surface area contributed by atoms with E-state index in [2.05, 4.69) is 10.0 Å². The molecule has 1 aromatic heterocycles. The predicted octanol–water partition coefficient (Wildman–Crippen LogP) is 3.34. The maximum absolute atomic E-state index is 12.8. The van der Waals surface area contributed by atoms with Crippen molar-refractivity contribution < 1.29 is 23.1 Å². The molecule has 2 aromatic carbocycles. The predicted molar refractivity (Wildman–Crippen MR) is 112 cm³/mol. The second-order valence-corrected chi connectivity index (χ2v) is 8.95. The number of carbonyl (C=O) groups is 2. The summed E-state index contributed by atoms with van der Waals surface area (Å²) in [5, 5.41) is 11.1. The third-order valence-corrected chi connectivity index (χ3v) is 6.54. The summed E-state index contributed by atoms with van der Waals surface area (Å²) in [6, 6.07) is 17.1. The fourth-order valence-electron chi connectivity index (χ4n) is 2.54. The molecule has 0 radical (unpaired) electrons. The number of benzene rings is 2. The van der Waals surface area contributed by atoms with Crippen molar-refractivity contribution >= 4 is 38.9 Å². The van der Waals surface area contributed by atoms with E-state index in [1.165, 1.54) is 12.1 Å². The molecule has 29 heavy (non-hydrogen) atoms. The van der Waals surface area contributed by atoms with Gasteiger partial charge in [-0.05, 0) is 30.7 Å². The first-order valence-corrected chi connectivity index (χ1v) is 10.8. The van der Waals surface area contributed by atoms with Crippen molar-refractivity contribution in [1.29, 1.82) is 0 Å². The number of aliphatic carboxylic acids is 1. The molecule has 0 bridgehead atoms. The van der Waals surface area contributed by atoms with Crippen molar-refractivity contribution in [2.45, 2.75) is 11.8 Å². The number of rotatable bonds is 7. The minimum atomic E-state index is -3.93. The zero-order valence-corrected chi connectivity index (χ0v) is 17.0. The van der Waals surface area contributed by atoms with Gasteiger partial charge in [-0.1, -0.05) is 48.0 Å². The van der Waals surface area contributed by atoms with Crippen LogP contribution in [-0.4, -0.2) is 31.9 Å². The van der Waals surface area contributed by atoms with E-state index in [0.29, 0.717) is 4.88 Å². The Hall–Kier alpha value is -3.17. The smallest absolute Gasteiger partial charge is 0.322 e. The highest BCUT2D eigenvalue weighted by molar-refractivity contribution is 7.92. The van der Waals surface area contributed by atoms with Crippen LogP contribution in [0.5, 0.6) is 0 Å². The highest BCUT2D eigenvalue weighted by atomic mass is 32.2. The number of amides is 1. The van der Waals surface area contributed by atoms with Crippen molar-refractivity contribution in [3.05, 3.63) is 71.1 Å². The number of hydrogen-bond donors (Lipinski definition) is 3. The Morgan fingerprint density at radius 2 is 1.69 bits per heavy atom. The molecule has 0 unspecified atom stereocenters. The normalized spacial score (nSPS) is 11.1. The lowest BCUT2D eigenvalue weighted by molar-refractivity contribution is -0.135. The van der Waals surface area contributed by atoms with Crippen LogP contribution in [0.2, 0.25) is 0 Å². The Kier molecular flexibility index (Phi) is 6.00. The summed E-state index contributed by atoms with van der Waals surface area (Å²) in [5.41, 5.74) is 1.82. The maximum atomic E-state index is 12.8. The highest BCUT2D eigenvalue weighted by Gasteiger charge is 2.22. The van der Waals surface area contributed by atoms with Gasteiger partial charge in [0.05, 0.1) is 10.6 Å². The molecule has 3 rings (SSSR count). The summed E-state index contributed by atoms with van der Waals surface area (Å²) in [4.78, 5) is 24.1. The molecule has 9 heteroatoms. The van der Waals surface area contributed by atoms with Crippen LogP contribution in [-0.2, 0) is 14.8 Å². The Bertz CT molecular complexity index is 1140. The van der Waals surface area contributed by atoms with Crippen molar-refractivity contribution in [2.24, 2.45) is 0 Å². The Morgan fingerprint density at radius 3 is 2.31 bits per heavy atom. The fraction of sp³-hybridized carbons (Fsp3) is 0.100. The number of carboxylic acid groups (broad SMARTS) is 1. The molecule has 0 fully saturated rings. The molecule has 1 heterocycles. The summed E-state index contributed by atoms with van der Waals surface area (Å²) < 4.78 is 28.0. The van der Waals surface area contributed by atoms with Crippen molar-refractivity contribution in [1.82, 2.24) is 5.32 Å². The van der Waals surface area contributed by atoms with Crippen molar-refractivity contribution in [2.75, 3.05) is 11.3 Å². The number of carboxylic acids is 1. The molecule has 1 amide bonds. The lowest BCUT2D eigenvalue weighted by Crippen LogP contribution is -2.29. The van der Waals surface area contributed by atoms with E-state index in [9.17, 15) is 18.0 Å². The maximum Gasteiger partial charge on any atom is 0.322 e. The zero-order chi connectivity index (χ0) is 21.0. The van der Waals surface area contributed by atoms with Gasteiger partial charge in [-0.25, -0.2) is 8.42 Å². The van der Waals surface area contributed by atoms with Gasteiger partial charge in [0.2, 0.25) is 0 Å². The summed E-state index contributed by atoms with van der Waals surface area (Å²) in [6.07, 6.45) is 0. The number of carbonyl (C=O) groups excluding carboxylic acids is 1. The molecule has 3 aromatic rings. The molecule has 0 aliphatic heterocycles. The van der Waals surface area contributed by atoms with Gasteiger partial charge in [-0.3, -0.25) is 14.3 Å². The Labute approximate surface area is 172 Å². The van der Waals surface area contributed by atoms with E-state index >= 15 is 0 Å². The zero-order valence-electron chi connectivity index (χ0n) is 15.4. The topological polar surface area (TPSA) is 113 Å². The van der Waals surface area contributed by atoms with Crippen LogP contribution in [0, 0.1) is 6.92 Å². The van der Waals surface area contributed by atoms with Gasteiger partial charge in [0.15, 0.2) is 0 Å².